The van der Waals surface area contributed by atoms with Crippen LogP contribution in [0.25, 0.3) is 0 Å². The molecule has 1 N–H and O–H groups in total. The number of aryl methyl sites for hydroxylation is 1. The molecule has 5 nitrogen and oxygen atoms in total. The number of benzene rings is 1. The number of guanidine groups is 1. The topological polar surface area (TPSA) is 49.8 Å². The van der Waals surface area contributed by atoms with Gasteiger partial charge in [-0.15, -0.1) is 35.3 Å². The predicted molar refractivity (Wildman–Crippen MR) is 116 cm³/mol. The Hall–Kier alpha value is -1.49. The third-order valence-electron chi connectivity index (χ3n) is 3.52. The summed E-state index contributed by atoms with van der Waals surface area (Å²) in [5, 5.41) is 4.35. The molecule has 0 amide bonds. The molecule has 0 unspecified atom stereocenters. The molecule has 150 valence electrons. The van der Waals surface area contributed by atoms with Gasteiger partial charge in [0.05, 0.1) is 5.01 Å². The lowest BCUT2D eigenvalue weighted by molar-refractivity contribution is -0.0498. The fourth-order valence-electron chi connectivity index (χ4n) is 2.37. The van der Waals surface area contributed by atoms with Gasteiger partial charge < -0.3 is 15.0 Å². The minimum Gasteiger partial charge on any atom is -0.435 e. The molecule has 0 saturated heterocycles. The van der Waals surface area contributed by atoms with Crippen molar-refractivity contribution < 1.29 is 13.5 Å². The van der Waals surface area contributed by atoms with Crippen LogP contribution < -0.4 is 10.1 Å². The van der Waals surface area contributed by atoms with Crippen LogP contribution in [0.15, 0.2) is 35.5 Å². The van der Waals surface area contributed by atoms with Crippen molar-refractivity contribution in [2.45, 2.75) is 33.4 Å². The van der Waals surface area contributed by atoms with Crippen LogP contribution >= 0.6 is 35.3 Å². The lowest BCUT2D eigenvalue weighted by atomic mass is 10.2. The molecule has 2 aromatic rings. The molecule has 0 fully saturated rings. The SMILES string of the molecule is CCNC(=NCCc1ncc(C)s1)N(C)Cc1ccc(OC(F)F)cc1.I. The summed E-state index contributed by atoms with van der Waals surface area (Å²) in [4.78, 5) is 12.2. The first-order chi connectivity index (χ1) is 12.5. The first-order valence-corrected chi connectivity index (χ1v) is 9.24. The zero-order valence-electron chi connectivity index (χ0n) is 15.6. The largest absolute Gasteiger partial charge is 0.435 e. The zero-order valence-corrected chi connectivity index (χ0v) is 18.8. The lowest BCUT2D eigenvalue weighted by Gasteiger charge is -2.22. The number of rotatable bonds is 8. The highest BCUT2D eigenvalue weighted by atomic mass is 127. The minimum absolute atomic E-state index is 0. The highest BCUT2D eigenvalue weighted by molar-refractivity contribution is 14.0. The maximum atomic E-state index is 12.2. The fourth-order valence-corrected chi connectivity index (χ4v) is 3.15. The van der Waals surface area contributed by atoms with Gasteiger partial charge >= 0.3 is 6.61 Å². The van der Waals surface area contributed by atoms with Crippen LogP contribution in [0.5, 0.6) is 5.75 Å². The van der Waals surface area contributed by atoms with E-state index in [0.717, 1.165) is 29.5 Å². The van der Waals surface area contributed by atoms with E-state index in [-0.39, 0.29) is 29.7 Å². The molecule has 0 bridgehead atoms. The molecule has 0 saturated carbocycles. The van der Waals surface area contributed by atoms with E-state index in [1.54, 1.807) is 35.6 Å². The van der Waals surface area contributed by atoms with Gasteiger partial charge in [-0.2, -0.15) is 8.78 Å². The number of hydrogen-bond acceptors (Lipinski definition) is 4. The lowest BCUT2D eigenvalue weighted by Crippen LogP contribution is -2.38. The Kier molecular flexibility index (Phi) is 10.5. The molecule has 9 heteroatoms. The summed E-state index contributed by atoms with van der Waals surface area (Å²) in [6, 6.07) is 6.64. The Morgan fingerprint density at radius 3 is 2.59 bits per heavy atom. The average molecular weight is 510 g/mol. The molecule has 0 spiro atoms. The zero-order chi connectivity index (χ0) is 18.9. The first-order valence-electron chi connectivity index (χ1n) is 8.42. The van der Waals surface area contributed by atoms with E-state index in [2.05, 4.69) is 20.0 Å². The Morgan fingerprint density at radius 2 is 2.04 bits per heavy atom. The van der Waals surface area contributed by atoms with Crippen LogP contribution in [0.4, 0.5) is 8.78 Å². The summed E-state index contributed by atoms with van der Waals surface area (Å²) >= 11 is 1.69. The van der Waals surface area contributed by atoms with Gasteiger partial charge in [0.1, 0.15) is 5.75 Å². The van der Waals surface area contributed by atoms with Crippen molar-refractivity contribution in [1.82, 2.24) is 15.2 Å². The third-order valence-corrected chi connectivity index (χ3v) is 4.49. The van der Waals surface area contributed by atoms with Gasteiger partial charge in [-0.3, -0.25) is 4.99 Å². The average Bonchev–Trinajstić information content (AvgIpc) is 3.00. The van der Waals surface area contributed by atoms with Crippen molar-refractivity contribution >= 4 is 41.3 Å². The smallest absolute Gasteiger partial charge is 0.387 e. The Labute approximate surface area is 179 Å². The van der Waals surface area contributed by atoms with Crippen molar-refractivity contribution in [3.63, 3.8) is 0 Å². The van der Waals surface area contributed by atoms with Crippen LogP contribution in [-0.2, 0) is 13.0 Å². The number of aliphatic imine (C=N–C) groups is 1. The number of thiazole rings is 1. The summed E-state index contributed by atoms with van der Waals surface area (Å²) in [5.74, 6) is 0.958. The quantitative estimate of drug-likeness (QED) is 0.327. The number of alkyl halides is 2. The van der Waals surface area contributed by atoms with E-state index in [4.69, 9.17) is 0 Å². The standard InChI is InChI=1S/C18H24F2N4OS.HI/c1-4-21-18(22-10-9-16-23-11-13(2)26-16)24(3)12-14-5-7-15(8-6-14)25-17(19)20;/h5-8,11,17H,4,9-10,12H2,1-3H3,(H,21,22);1H. The minimum atomic E-state index is -2.81. The monoisotopic (exact) mass is 510 g/mol. The van der Waals surface area contributed by atoms with E-state index < -0.39 is 6.61 Å². The maximum Gasteiger partial charge on any atom is 0.387 e. The number of nitrogens with one attached hydrogen (secondary N) is 1. The molecule has 1 aromatic carbocycles. The molecule has 27 heavy (non-hydrogen) atoms. The number of halogens is 3. The molecule has 0 aliphatic carbocycles. The van der Waals surface area contributed by atoms with Gasteiger partial charge in [0.25, 0.3) is 0 Å². The summed E-state index contributed by atoms with van der Waals surface area (Å²) < 4.78 is 28.8. The highest BCUT2D eigenvalue weighted by Gasteiger charge is 2.08. The molecule has 0 aliphatic heterocycles. The second-order valence-electron chi connectivity index (χ2n) is 5.73. The maximum absolute atomic E-state index is 12.2. The number of hydrogen-bond donors (Lipinski definition) is 1. The second kappa shape index (κ2) is 12.1. The number of ether oxygens (including phenoxy) is 1. The van der Waals surface area contributed by atoms with Crippen LogP contribution in [0, 0.1) is 6.92 Å². The fraction of sp³-hybridized carbons (Fsp3) is 0.444. The second-order valence-corrected chi connectivity index (χ2v) is 7.05. The molecular formula is C18H25F2IN4OS. The normalized spacial score (nSPS) is 11.3. The first kappa shape index (κ1) is 23.5. The Balaban J connectivity index is 0.00000364. The molecule has 0 aliphatic rings. The molecule has 0 atom stereocenters. The Morgan fingerprint density at radius 1 is 1.33 bits per heavy atom. The number of aromatic nitrogens is 1. The summed E-state index contributed by atoms with van der Waals surface area (Å²) in [5.41, 5.74) is 0.982. The van der Waals surface area contributed by atoms with E-state index in [1.165, 1.54) is 4.88 Å². The number of nitrogens with zero attached hydrogens (tertiary/aromatic N) is 3. The van der Waals surface area contributed by atoms with Gasteiger partial charge in [-0.1, -0.05) is 12.1 Å². The van der Waals surface area contributed by atoms with Crippen LogP contribution in [0.3, 0.4) is 0 Å². The third kappa shape index (κ3) is 8.37. The predicted octanol–water partition coefficient (Wildman–Crippen LogP) is 4.31. The van der Waals surface area contributed by atoms with Gasteiger partial charge in [0.2, 0.25) is 0 Å². The Bertz CT molecular complexity index is 710. The summed E-state index contributed by atoms with van der Waals surface area (Å²) in [6.45, 7) is 3.28. The van der Waals surface area contributed by atoms with E-state index >= 15 is 0 Å². The summed E-state index contributed by atoms with van der Waals surface area (Å²) in [6.07, 6.45) is 2.68. The van der Waals surface area contributed by atoms with Crippen LogP contribution in [-0.4, -0.2) is 42.6 Å². The van der Waals surface area contributed by atoms with Gasteiger partial charge in [0, 0.05) is 44.2 Å². The van der Waals surface area contributed by atoms with Crippen molar-refractivity contribution in [2.75, 3.05) is 20.1 Å². The van der Waals surface area contributed by atoms with E-state index in [9.17, 15) is 8.78 Å². The molecule has 0 radical (unpaired) electrons. The molecule has 1 heterocycles. The van der Waals surface area contributed by atoms with Crippen molar-refractivity contribution in [1.29, 1.82) is 0 Å². The van der Waals surface area contributed by atoms with Crippen molar-refractivity contribution in [3.05, 3.63) is 45.9 Å². The molecule has 2 rings (SSSR count). The highest BCUT2D eigenvalue weighted by Crippen LogP contribution is 2.16. The molecular weight excluding hydrogens is 485 g/mol. The van der Waals surface area contributed by atoms with E-state index in [0.29, 0.717) is 13.1 Å². The van der Waals surface area contributed by atoms with Crippen LogP contribution in [0.2, 0.25) is 0 Å². The van der Waals surface area contributed by atoms with Gasteiger partial charge in [0.15, 0.2) is 5.96 Å². The van der Waals surface area contributed by atoms with E-state index in [1.807, 2.05) is 32.0 Å². The van der Waals surface area contributed by atoms with Crippen molar-refractivity contribution in [3.8, 4) is 5.75 Å². The molecule has 1 aromatic heterocycles. The van der Waals surface area contributed by atoms with Gasteiger partial charge in [-0.05, 0) is 31.5 Å². The van der Waals surface area contributed by atoms with Crippen molar-refractivity contribution in [2.24, 2.45) is 4.99 Å². The van der Waals surface area contributed by atoms with Gasteiger partial charge in [-0.25, -0.2) is 4.98 Å². The van der Waals surface area contributed by atoms with Crippen LogP contribution in [0.1, 0.15) is 22.4 Å². The summed E-state index contributed by atoms with van der Waals surface area (Å²) in [7, 11) is 1.94.